The van der Waals surface area contributed by atoms with Crippen molar-refractivity contribution in [2.75, 3.05) is 12.5 Å². The lowest BCUT2D eigenvalue weighted by Gasteiger charge is -2.06. The van der Waals surface area contributed by atoms with Crippen molar-refractivity contribution in [1.82, 2.24) is 0 Å². The van der Waals surface area contributed by atoms with Crippen LogP contribution in [0.2, 0.25) is 15.1 Å². The van der Waals surface area contributed by atoms with Crippen LogP contribution in [0, 0.1) is 0 Å². The van der Waals surface area contributed by atoms with Crippen LogP contribution in [-0.2, 0) is 0 Å². The molecule has 2 rings (SSSR count). The van der Waals surface area contributed by atoms with Gasteiger partial charge < -0.3 is 9.84 Å². The first kappa shape index (κ1) is 15.8. The first-order chi connectivity index (χ1) is 10.0. The Kier molecular flexibility index (Phi) is 5.17. The zero-order valence-electron chi connectivity index (χ0n) is 10.9. The van der Waals surface area contributed by atoms with Crippen LogP contribution in [0.1, 0.15) is 5.56 Å². The zero-order chi connectivity index (χ0) is 15.4. The van der Waals surface area contributed by atoms with Gasteiger partial charge in [-0.1, -0.05) is 34.8 Å². The van der Waals surface area contributed by atoms with Crippen molar-refractivity contribution in [2.24, 2.45) is 5.10 Å². The Morgan fingerprint density at radius 3 is 2.38 bits per heavy atom. The summed E-state index contributed by atoms with van der Waals surface area (Å²) in [5.41, 5.74) is 3.88. The maximum atomic E-state index is 9.66. The summed E-state index contributed by atoms with van der Waals surface area (Å²) in [7, 11) is 1.48. The molecule has 0 spiro atoms. The molecule has 0 aromatic heterocycles. The fourth-order valence-corrected chi connectivity index (χ4v) is 2.51. The highest BCUT2D eigenvalue weighted by Gasteiger charge is 2.06. The number of ether oxygens (including phenoxy) is 1. The van der Waals surface area contributed by atoms with E-state index in [9.17, 15) is 5.11 Å². The number of phenolic OH excluding ortho intramolecular Hbond substituents is 1. The standard InChI is InChI=1S/C14H11Cl3N2O2/c1-21-13-3-2-8(4-12(13)20)7-18-19-14-10(16)5-9(15)6-11(14)17/h2-7,19-20H,1H3. The van der Waals surface area contributed by atoms with Crippen LogP contribution in [0.4, 0.5) is 5.69 Å². The predicted octanol–water partition coefficient (Wildman–Crippen LogP) is 4.81. The first-order valence-corrected chi connectivity index (χ1v) is 6.95. The number of hydrogen-bond acceptors (Lipinski definition) is 4. The average molecular weight is 346 g/mol. The van der Waals surface area contributed by atoms with E-state index in [0.29, 0.717) is 32.1 Å². The van der Waals surface area contributed by atoms with Crippen molar-refractivity contribution < 1.29 is 9.84 Å². The Morgan fingerprint density at radius 1 is 1.14 bits per heavy atom. The number of phenols is 1. The minimum absolute atomic E-state index is 0.0315. The van der Waals surface area contributed by atoms with Gasteiger partial charge in [-0.3, -0.25) is 5.43 Å². The van der Waals surface area contributed by atoms with Gasteiger partial charge in [0, 0.05) is 5.02 Å². The van der Waals surface area contributed by atoms with Gasteiger partial charge in [0.25, 0.3) is 0 Å². The van der Waals surface area contributed by atoms with E-state index >= 15 is 0 Å². The number of nitrogens with zero attached hydrogens (tertiary/aromatic N) is 1. The smallest absolute Gasteiger partial charge is 0.160 e. The summed E-state index contributed by atoms with van der Waals surface area (Å²) in [4.78, 5) is 0. The Morgan fingerprint density at radius 2 is 1.81 bits per heavy atom. The molecule has 2 aromatic rings. The third-order valence-corrected chi connectivity index (χ3v) is 3.41. The number of rotatable bonds is 4. The van der Waals surface area contributed by atoms with Gasteiger partial charge in [0.2, 0.25) is 0 Å². The number of anilines is 1. The molecule has 7 heteroatoms. The molecule has 0 aliphatic rings. The SMILES string of the molecule is COc1ccc(C=NNc2c(Cl)cc(Cl)cc2Cl)cc1O. The summed E-state index contributed by atoms with van der Waals surface area (Å²) in [5.74, 6) is 0.424. The lowest BCUT2D eigenvalue weighted by molar-refractivity contribution is 0.373. The van der Waals surface area contributed by atoms with Gasteiger partial charge in [0.05, 0.1) is 29.1 Å². The second-order valence-electron chi connectivity index (χ2n) is 4.05. The number of halogens is 3. The van der Waals surface area contributed by atoms with Crippen molar-refractivity contribution in [3.63, 3.8) is 0 Å². The summed E-state index contributed by atoms with van der Waals surface area (Å²) in [6.07, 6.45) is 1.51. The molecular weight excluding hydrogens is 335 g/mol. The summed E-state index contributed by atoms with van der Waals surface area (Å²) < 4.78 is 4.96. The quantitative estimate of drug-likeness (QED) is 0.618. The average Bonchev–Trinajstić information content (AvgIpc) is 2.42. The molecule has 0 atom stereocenters. The molecule has 0 saturated carbocycles. The van der Waals surface area contributed by atoms with Crippen LogP contribution < -0.4 is 10.2 Å². The molecule has 0 aliphatic heterocycles. The Hall–Kier alpha value is -1.62. The molecule has 2 aromatic carbocycles. The van der Waals surface area contributed by atoms with E-state index in [-0.39, 0.29) is 5.75 Å². The van der Waals surface area contributed by atoms with E-state index in [1.54, 1.807) is 24.3 Å². The summed E-state index contributed by atoms with van der Waals surface area (Å²) >= 11 is 17.9. The van der Waals surface area contributed by atoms with Crippen LogP contribution in [0.5, 0.6) is 11.5 Å². The molecule has 0 radical (unpaired) electrons. The van der Waals surface area contributed by atoms with E-state index in [1.807, 2.05) is 0 Å². The highest BCUT2D eigenvalue weighted by Crippen LogP contribution is 2.33. The highest BCUT2D eigenvalue weighted by atomic mass is 35.5. The molecule has 0 bridgehead atoms. The minimum atomic E-state index is 0.0315. The van der Waals surface area contributed by atoms with Gasteiger partial charge in [-0.25, -0.2) is 0 Å². The predicted molar refractivity (Wildman–Crippen MR) is 87.3 cm³/mol. The number of hydrogen-bond donors (Lipinski definition) is 2. The maximum Gasteiger partial charge on any atom is 0.160 e. The molecule has 21 heavy (non-hydrogen) atoms. The summed E-state index contributed by atoms with van der Waals surface area (Å²) in [6.45, 7) is 0. The van der Waals surface area contributed by atoms with E-state index in [0.717, 1.165) is 0 Å². The van der Waals surface area contributed by atoms with E-state index in [4.69, 9.17) is 39.5 Å². The Bertz CT molecular complexity index is 667. The van der Waals surface area contributed by atoms with Crippen LogP contribution in [0.25, 0.3) is 0 Å². The zero-order valence-corrected chi connectivity index (χ0v) is 13.2. The van der Waals surface area contributed by atoms with Gasteiger partial charge in [0.1, 0.15) is 0 Å². The summed E-state index contributed by atoms with van der Waals surface area (Å²) in [5, 5.41) is 14.9. The molecule has 110 valence electrons. The van der Waals surface area contributed by atoms with Gasteiger partial charge in [-0.15, -0.1) is 0 Å². The van der Waals surface area contributed by atoms with Crippen LogP contribution in [0.3, 0.4) is 0 Å². The van der Waals surface area contributed by atoms with Gasteiger partial charge in [-0.2, -0.15) is 5.10 Å². The van der Waals surface area contributed by atoms with Gasteiger partial charge in [-0.05, 0) is 35.9 Å². The number of hydrazone groups is 1. The fraction of sp³-hybridized carbons (Fsp3) is 0.0714. The van der Waals surface area contributed by atoms with E-state index in [1.165, 1.54) is 19.4 Å². The minimum Gasteiger partial charge on any atom is -0.504 e. The lowest BCUT2D eigenvalue weighted by atomic mass is 10.2. The normalized spacial score (nSPS) is 10.9. The highest BCUT2D eigenvalue weighted by molar-refractivity contribution is 6.41. The molecule has 0 saturated heterocycles. The third kappa shape index (κ3) is 3.94. The molecule has 4 nitrogen and oxygen atoms in total. The monoisotopic (exact) mass is 344 g/mol. The van der Waals surface area contributed by atoms with Crippen LogP contribution >= 0.6 is 34.8 Å². The molecule has 2 N–H and O–H groups in total. The Balaban J connectivity index is 2.14. The molecule has 0 unspecified atom stereocenters. The van der Waals surface area contributed by atoms with Gasteiger partial charge >= 0.3 is 0 Å². The largest absolute Gasteiger partial charge is 0.504 e. The second-order valence-corrected chi connectivity index (χ2v) is 5.30. The van der Waals surface area contributed by atoms with Crippen LogP contribution in [0.15, 0.2) is 35.4 Å². The molecular formula is C14H11Cl3N2O2. The fourth-order valence-electron chi connectivity index (χ4n) is 1.61. The molecule has 0 heterocycles. The first-order valence-electron chi connectivity index (χ1n) is 5.82. The van der Waals surface area contributed by atoms with Crippen molar-refractivity contribution >= 4 is 46.7 Å². The number of benzene rings is 2. The number of aromatic hydroxyl groups is 1. The summed E-state index contributed by atoms with van der Waals surface area (Å²) in [6, 6.07) is 8.03. The molecule has 0 aliphatic carbocycles. The lowest BCUT2D eigenvalue weighted by Crippen LogP contribution is -1.93. The number of nitrogens with one attached hydrogen (secondary N) is 1. The second kappa shape index (κ2) is 6.89. The number of methoxy groups -OCH3 is 1. The topological polar surface area (TPSA) is 53.8 Å². The Labute approximate surface area is 136 Å². The van der Waals surface area contributed by atoms with E-state index < -0.39 is 0 Å². The molecule has 0 fully saturated rings. The van der Waals surface area contributed by atoms with Gasteiger partial charge in [0.15, 0.2) is 11.5 Å². The van der Waals surface area contributed by atoms with Crippen molar-refractivity contribution in [1.29, 1.82) is 0 Å². The van der Waals surface area contributed by atoms with E-state index in [2.05, 4.69) is 10.5 Å². The van der Waals surface area contributed by atoms with Crippen molar-refractivity contribution in [2.45, 2.75) is 0 Å². The molecule has 0 amide bonds. The van der Waals surface area contributed by atoms with Crippen molar-refractivity contribution in [3.05, 3.63) is 51.0 Å². The maximum absolute atomic E-state index is 9.66. The van der Waals surface area contributed by atoms with Crippen LogP contribution in [-0.4, -0.2) is 18.4 Å². The van der Waals surface area contributed by atoms with Crippen molar-refractivity contribution in [3.8, 4) is 11.5 Å². The third-order valence-electron chi connectivity index (χ3n) is 2.60.